The highest BCUT2D eigenvalue weighted by Crippen LogP contribution is 2.32. The van der Waals surface area contributed by atoms with Crippen molar-refractivity contribution in [3.05, 3.63) is 29.8 Å². The first-order chi connectivity index (χ1) is 9.16. The fourth-order valence-corrected chi connectivity index (χ4v) is 2.83. The fraction of sp³-hybridized carbons (Fsp3) is 0.533. The maximum Gasteiger partial charge on any atom is 0.142 e. The zero-order valence-corrected chi connectivity index (χ0v) is 11.4. The number of pyridine rings is 1. The second kappa shape index (κ2) is 4.93. The van der Waals surface area contributed by atoms with E-state index in [1.54, 1.807) is 6.07 Å². The van der Waals surface area contributed by atoms with Gasteiger partial charge in [-0.05, 0) is 30.4 Å². The highest BCUT2D eigenvalue weighted by molar-refractivity contribution is 5.81. The van der Waals surface area contributed by atoms with Crippen molar-refractivity contribution in [1.29, 1.82) is 0 Å². The number of hydrogen-bond donors (Lipinski definition) is 0. The minimum Gasteiger partial charge on any atom is -0.381 e. The van der Waals surface area contributed by atoms with Crippen molar-refractivity contribution in [3.8, 4) is 0 Å². The number of ether oxygens (including phenoxy) is 1. The SMILES string of the molecule is CC(C)c1cn(C2CCOCC2)c2ncc(F)cc12. The smallest absolute Gasteiger partial charge is 0.142 e. The van der Waals surface area contributed by atoms with Gasteiger partial charge in [-0.2, -0.15) is 0 Å². The van der Waals surface area contributed by atoms with Crippen LogP contribution in [0.2, 0.25) is 0 Å². The molecule has 1 aliphatic rings. The molecule has 1 aliphatic heterocycles. The molecule has 0 bridgehead atoms. The zero-order chi connectivity index (χ0) is 13.4. The second-order valence-corrected chi connectivity index (χ2v) is 5.51. The molecule has 0 spiro atoms. The van der Waals surface area contributed by atoms with Crippen LogP contribution < -0.4 is 0 Å². The van der Waals surface area contributed by atoms with Gasteiger partial charge in [-0.3, -0.25) is 0 Å². The van der Waals surface area contributed by atoms with Gasteiger partial charge in [0.05, 0.1) is 6.20 Å². The van der Waals surface area contributed by atoms with Gasteiger partial charge in [0.25, 0.3) is 0 Å². The van der Waals surface area contributed by atoms with Crippen LogP contribution in [0, 0.1) is 5.82 Å². The molecule has 3 rings (SSSR count). The fourth-order valence-electron chi connectivity index (χ4n) is 2.83. The maximum absolute atomic E-state index is 13.4. The maximum atomic E-state index is 13.4. The molecule has 0 saturated carbocycles. The second-order valence-electron chi connectivity index (χ2n) is 5.51. The molecule has 3 heterocycles. The molecule has 0 amide bonds. The van der Waals surface area contributed by atoms with E-state index < -0.39 is 0 Å². The molecular formula is C15H19FN2O. The number of halogens is 1. The van der Waals surface area contributed by atoms with Crippen molar-refractivity contribution < 1.29 is 9.13 Å². The Morgan fingerprint density at radius 3 is 2.79 bits per heavy atom. The van der Waals surface area contributed by atoms with E-state index in [0.29, 0.717) is 12.0 Å². The number of aromatic nitrogens is 2. The lowest BCUT2D eigenvalue weighted by molar-refractivity contribution is 0.0705. The lowest BCUT2D eigenvalue weighted by Gasteiger charge is -2.24. The minimum absolute atomic E-state index is 0.265. The topological polar surface area (TPSA) is 27.1 Å². The molecule has 0 aliphatic carbocycles. The summed E-state index contributed by atoms with van der Waals surface area (Å²) >= 11 is 0. The highest BCUT2D eigenvalue weighted by atomic mass is 19.1. The largest absolute Gasteiger partial charge is 0.381 e. The van der Waals surface area contributed by atoms with Crippen LogP contribution in [0.15, 0.2) is 18.5 Å². The van der Waals surface area contributed by atoms with E-state index in [1.807, 2.05) is 0 Å². The summed E-state index contributed by atoms with van der Waals surface area (Å²) in [5.74, 6) is 0.103. The summed E-state index contributed by atoms with van der Waals surface area (Å²) in [5.41, 5.74) is 2.07. The van der Waals surface area contributed by atoms with Crippen LogP contribution in [-0.2, 0) is 4.74 Å². The Labute approximate surface area is 112 Å². The Balaban J connectivity index is 2.13. The Morgan fingerprint density at radius 1 is 1.37 bits per heavy atom. The zero-order valence-electron chi connectivity index (χ0n) is 11.4. The first-order valence-corrected chi connectivity index (χ1v) is 6.90. The lowest BCUT2D eigenvalue weighted by atomic mass is 10.0. The van der Waals surface area contributed by atoms with Crippen LogP contribution in [0.3, 0.4) is 0 Å². The predicted octanol–water partition coefficient (Wildman–Crippen LogP) is 3.65. The van der Waals surface area contributed by atoms with Crippen molar-refractivity contribution >= 4 is 11.0 Å². The molecule has 0 radical (unpaired) electrons. The first kappa shape index (κ1) is 12.6. The summed E-state index contributed by atoms with van der Waals surface area (Å²) in [7, 11) is 0. The van der Waals surface area contributed by atoms with E-state index in [-0.39, 0.29) is 5.82 Å². The van der Waals surface area contributed by atoms with Crippen molar-refractivity contribution in [1.82, 2.24) is 9.55 Å². The molecule has 0 unspecified atom stereocenters. The Morgan fingerprint density at radius 2 is 2.11 bits per heavy atom. The summed E-state index contributed by atoms with van der Waals surface area (Å²) in [5, 5.41) is 0.946. The van der Waals surface area contributed by atoms with Crippen LogP contribution in [0.5, 0.6) is 0 Å². The Hall–Kier alpha value is -1.42. The highest BCUT2D eigenvalue weighted by Gasteiger charge is 2.21. The molecule has 1 fully saturated rings. The number of hydrogen-bond acceptors (Lipinski definition) is 2. The van der Waals surface area contributed by atoms with Gasteiger partial charge >= 0.3 is 0 Å². The van der Waals surface area contributed by atoms with Crippen molar-refractivity contribution in [2.24, 2.45) is 0 Å². The van der Waals surface area contributed by atoms with E-state index in [1.165, 1.54) is 11.8 Å². The van der Waals surface area contributed by atoms with Gasteiger partial charge in [-0.15, -0.1) is 0 Å². The van der Waals surface area contributed by atoms with Gasteiger partial charge in [0, 0.05) is 30.8 Å². The standard InChI is InChI=1S/C15H19FN2O/c1-10(2)14-9-18(12-3-5-19-6-4-12)15-13(14)7-11(16)8-17-15/h7-10,12H,3-6H2,1-2H3. The predicted molar refractivity (Wildman–Crippen MR) is 72.9 cm³/mol. The Kier molecular flexibility index (Phi) is 3.27. The van der Waals surface area contributed by atoms with Crippen LogP contribution in [0.4, 0.5) is 4.39 Å². The first-order valence-electron chi connectivity index (χ1n) is 6.90. The summed E-state index contributed by atoms with van der Waals surface area (Å²) in [6.45, 7) is 5.85. The van der Waals surface area contributed by atoms with Crippen LogP contribution in [-0.4, -0.2) is 22.8 Å². The van der Waals surface area contributed by atoms with Crippen molar-refractivity contribution in [2.75, 3.05) is 13.2 Å². The quantitative estimate of drug-likeness (QED) is 0.826. The van der Waals surface area contributed by atoms with E-state index in [4.69, 9.17) is 4.74 Å². The molecule has 1 saturated heterocycles. The summed E-state index contributed by atoms with van der Waals surface area (Å²) < 4.78 is 21.1. The molecule has 2 aromatic heterocycles. The number of nitrogens with zero attached hydrogens (tertiary/aromatic N) is 2. The third-order valence-electron chi connectivity index (χ3n) is 3.87. The summed E-state index contributed by atoms with van der Waals surface area (Å²) in [6, 6.07) is 2.02. The van der Waals surface area contributed by atoms with Gasteiger partial charge in [-0.25, -0.2) is 9.37 Å². The van der Waals surface area contributed by atoms with E-state index in [2.05, 4.69) is 29.6 Å². The van der Waals surface area contributed by atoms with E-state index in [9.17, 15) is 4.39 Å². The van der Waals surface area contributed by atoms with Crippen LogP contribution in [0.25, 0.3) is 11.0 Å². The molecule has 0 atom stereocenters. The molecule has 19 heavy (non-hydrogen) atoms. The van der Waals surface area contributed by atoms with Gasteiger partial charge in [-0.1, -0.05) is 13.8 Å². The molecule has 0 N–H and O–H groups in total. The third-order valence-corrected chi connectivity index (χ3v) is 3.87. The third kappa shape index (κ3) is 2.25. The Bertz CT molecular complexity index is 585. The van der Waals surface area contributed by atoms with Gasteiger partial charge < -0.3 is 9.30 Å². The van der Waals surface area contributed by atoms with Crippen molar-refractivity contribution in [3.63, 3.8) is 0 Å². The van der Waals surface area contributed by atoms with Crippen LogP contribution in [0.1, 0.15) is 44.2 Å². The van der Waals surface area contributed by atoms with Crippen LogP contribution >= 0.6 is 0 Å². The number of fused-ring (bicyclic) bond motifs is 1. The molecule has 102 valence electrons. The molecule has 4 heteroatoms. The normalized spacial score (nSPS) is 17.5. The van der Waals surface area contributed by atoms with Crippen molar-refractivity contribution in [2.45, 2.75) is 38.6 Å². The monoisotopic (exact) mass is 262 g/mol. The lowest BCUT2D eigenvalue weighted by Crippen LogP contribution is -2.19. The summed E-state index contributed by atoms with van der Waals surface area (Å²) in [6.07, 6.45) is 5.46. The van der Waals surface area contributed by atoms with Gasteiger partial charge in [0.2, 0.25) is 0 Å². The molecule has 0 aromatic carbocycles. The number of rotatable bonds is 2. The molecule has 2 aromatic rings. The summed E-state index contributed by atoms with van der Waals surface area (Å²) in [4.78, 5) is 4.31. The van der Waals surface area contributed by atoms with E-state index >= 15 is 0 Å². The average molecular weight is 262 g/mol. The van der Waals surface area contributed by atoms with E-state index in [0.717, 1.165) is 37.1 Å². The molecule has 3 nitrogen and oxygen atoms in total. The minimum atomic E-state index is -0.265. The van der Waals surface area contributed by atoms with Gasteiger partial charge in [0.15, 0.2) is 0 Å². The van der Waals surface area contributed by atoms with Gasteiger partial charge in [0.1, 0.15) is 11.5 Å². The average Bonchev–Trinajstić information content (AvgIpc) is 2.78. The molecular weight excluding hydrogens is 243 g/mol.